The molecule has 0 aliphatic heterocycles. The third kappa shape index (κ3) is 4.99. The van der Waals surface area contributed by atoms with Crippen molar-refractivity contribution in [3.8, 4) is 0 Å². The molecule has 18 heavy (non-hydrogen) atoms. The van der Waals surface area contributed by atoms with Crippen LogP contribution in [0, 0.1) is 12.8 Å². The van der Waals surface area contributed by atoms with Gasteiger partial charge < -0.3 is 5.32 Å². The van der Waals surface area contributed by atoms with Gasteiger partial charge in [0.15, 0.2) is 0 Å². The van der Waals surface area contributed by atoms with Crippen molar-refractivity contribution in [2.75, 3.05) is 6.54 Å². The highest BCUT2D eigenvalue weighted by atomic mass is 79.9. The zero-order chi connectivity index (χ0) is 13.7. The first-order valence-corrected chi connectivity index (χ1v) is 7.38. The predicted molar refractivity (Wildman–Crippen MR) is 80.7 cm³/mol. The molecule has 1 N–H and O–H groups in total. The molecule has 0 fully saturated rings. The Morgan fingerprint density at radius 3 is 2.67 bits per heavy atom. The van der Waals surface area contributed by atoms with Crippen molar-refractivity contribution in [2.24, 2.45) is 5.92 Å². The van der Waals surface area contributed by atoms with E-state index in [1.54, 1.807) is 18.2 Å². The van der Waals surface area contributed by atoms with Gasteiger partial charge in [0.25, 0.3) is 5.91 Å². The average Bonchev–Trinajstić information content (AvgIpc) is 2.25. The average molecular weight is 333 g/mol. The van der Waals surface area contributed by atoms with Crippen LogP contribution in [0.25, 0.3) is 0 Å². The molecule has 0 heterocycles. The third-order valence-corrected chi connectivity index (χ3v) is 3.58. The highest BCUT2D eigenvalue weighted by molar-refractivity contribution is 9.09. The Morgan fingerprint density at radius 2 is 2.11 bits per heavy atom. The molecule has 1 aromatic carbocycles. The summed E-state index contributed by atoms with van der Waals surface area (Å²) in [7, 11) is 0. The van der Waals surface area contributed by atoms with Gasteiger partial charge in [0.2, 0.25) is 0 Å². The molecule has 0 aliphatic carbocycles. The Hall–Kier alpha value is -0.540. The summed E-state index contributed by atoms with van der Waals surface area (Å²) < 4.78 is 0. The molecule has 100 valence electrons. The van der Waals surface area contributed by atoms with Gasteiger partial charge in [0, 0.05) is 22.0 Å². The van der Waals surface area contributed by atoms with E-state index in [2.05, 4.69) is 35.1 Å². The summed E-state index contributed by atoms with van der Waals surface area (Å²) in [6.45, 7) is 6.86. The zero-order valence-electron chi connectivity index (χ0n) is 11.0. The van der Waals surface area contributed by atoms with Crippen LogP contribution >= 0.6 is 27.5 Å². The maximum absolute atomic E-state index is 12.0. The van der Waals surface area contributed by atoms with Crippen LogP contribution in [0.4, 0.5) is 0 Å². The van der Waals surface area contributed by atoms with Crippen molar-refractivity contribution in [3.05, 3.63) is 34.3 Å². The van der Waals surface area contributed by atoms with E-state index in [1.165, 1.54) is 0 Å². The molecule has 1 rings (SSSR count). The van der Waals surface area contributed by atoms with Crippen molar-refractivity contribution in [3.63, 3.8) is 0 Å². The minimum Gasteiger partial charge on any atom is -0.351 e. The molecular weight excluding hydrogens is 314 g/mol. The second kappa shape index (κ2) is 7.15. The molecule has 0 spiro atoms. The van der Waals surface area contributed by atoms with Crippen LogP contribution in [0.1, 0.15) is 36.2 Å². The summed E-state index contributed by atoms with van der Waals surface area (Å²) in [4.78, 5) is 12.3. The van der Waals surface area contributed by atoms with E-state index in [9.17, 15) is 4.79 Å². The number of alkyl halides is 1. The molecule has 0 bridgehead atoms. The van der Waals surface area contributed by atoms with Crippen LogP contribution < -0.4 is 5.32 Å². The van der Waals surface area contributed by atoms with Gasteiger partial charge in [-0.25, -0.2) is 0 Å². The minimum absolute atomic E-state index is 0.0441. The topological polar surface area (TPSA) is 29.1 Å². The van der Waals surface area contributed by atoms with Gasteiger partial charge in [-0.05, 0) is 43.0 Å². The second-order valence-electron chi connectivity index (χ2n) is 4.90. The molecule has 0 aliphatic rings. The first-order chi connectivity index (χ1) is 8.40. The number of rotatable bonds is 5. The maximum Gasteiger partial charge on any atom is 0.251 e. The lowest BCUT2D eigenvalue weighted by Gasteiger charge is -2.14. The Labute approximate surface area is 122 Å². The summed E-state index contributed by atoms with van der Waals surface area (Å²) >= 11 is 9.44. The molecule has 0 radical (unpaired) electrons. The lowest BCUT2D eigenvalue weighted by molar-refractivity contribution is 0.0952. The summed E-state index contributed by atoms with van der Waals surface area (Å²) in [5, 5.41) is 3.59. The molecule has 1 unspecified atom stereocenters. The van der Waals surface area contributed by atoms with Gasteiger partial charge in [-0.3, -0.25) is 4.79 Å². The number of amides is 1. The molecule has 4 heteroatoms. The maximum atomic E-state index is 12.0. The zero-order valence-corrected chi connectivity index (χ0v) is 13.3. The van der Waals surface area contributed by atoms with Gasteiger partial charge >= 0.3 is 0 Å². The third-order valence-electron chi connectivity index (χ3n) is 2.64. The lowest BCUT2D eigenvalue weighted by Crippen LogP contribution is -2.30. The Morgan fingerprint density at radius 1 is 1.44 bits per heavy atom. The van der Waals surface area contributed by atoms with Crippen LogP contribution in [0.2, 0.25) is 5.02 Å². The van der Waals surface area contributed by atoms with Crippen LogP contribution in [0.15, 0.2) is 18.2 Å². The van der Waals surface area contributed by atoms with Crippen molar-refractivity contribution in [1.29, 1.82) is 0 Å². The molecule has 1 atom stereocenters. The highest BCUT2D eigenvalue weighted by Gasteiger charge is 2.12. The number of benzene rings is 1. The van der Waals surface area contributed by atoms with Gasteiger partial charge in [-0.15, -0.1) is 0 Å². The summed E-state index contributed by atoms with van der Waals surface area (Å²) in [6.07, 6.45) is 1.04. The summed E-state index contributed by atoms with van der Waals surface area (Å²) in [6, 6.07) is 5.30. The number of hydrogen-bond acceptors (Lipinski definition) is 1. The smallest absolute Gasteiger partial charge is 0.251 e. The normalized spacial score (nSPS) is 12.6. The molecule has 0 saturated carbocycles. The van der Waals surface area contributed by atoms with E-state index in [0.29, 0.717) is 27.9 Å². The van der Waals surface area contributed by atoms with Gasteiger partial charge in [-0.1, -0.05) is 41.4 Å². The van der Waals surface area contributed by atoms with E-state index in [4.69, 9.17) is 11.6 Å². The van der Waals surface area contributed by atoms with E-state index in [-0.39, 0.29) is 5.91 Å². The number of halogens is 2. The molecule has 1 amide bonds. The summed E-state index contributed by atoms with van der Waals surface area (Å²) in [5.74, 6) is 0.570. The fraction of sp³-hybridized carbons (Fsp3) is 0.500. The standard InChI is InChI=1S/C14H19BrClNO/c1-9(2)6-11(15)8-17-14(18)13-5-4-12(16)7-10(13)3/h4-5,7,9,11H,6,8H2,1-3H3,(H,17,18). The van der Waals surface area contributed by atoms with Crippen LogP contribution in [0.3, 0.4) is 0 Å². The van der Waals surface area contributed by atoms with Crippen molar-refractivity contribution in [2.45, 2.75) is 32.0 Å². The van der Waals surface area contributed by atoms with Crippen molar-refractivity contribution in [1.82, 2.24) is 5.32 Å². The van der Waals surface area contributed by atoms with E-state index < -0.39 is 0 Å². The number of aryl methyl sites for hydroxylation is 1. The Bertz CT molecular complexity index is 420. The fourth-order valence-electron chi connectivity index (χ4n) is 1.78. The number of carbonyl (C=O) groups is 1. The lowest BCUT2D eigenvalue weighted by atomic mass is 10.1. The van der Waals surface area contributed by atoms with Crippen LogP contribution in [-0.4, -0.2) is 17.3 Å². The van der Waals surface area contributed by atoms with Gasteiger partial charge in [-0.2, -0.15) is 0 Å². The molecule has 1 aromatic rings. The van der Waals surface area contributed by atoms with E-state index >= 15 is 0 Å². The predicted octanol–water partition coefficient (Wildman–Crippen LogP) is 4.19. The van der Waals surface area contributed by atoms with Crippen LogP contribution in [0.5, 0.6) is 0 Å². The van der Waals surface area contributed by atoms with Gasteiger partial charge in [0.05, 0.1) is 0 Å². The largest absolute Gasteiger partial charge is 0.351 e. The first-order valence-electron chi connectivity index (χ1n) is 6.08. The van der Waals surface area contributed by atoms with E-state index in [1.807, 2.05) is 6.92 Å². The first kappa shape index (κ1) is 15.5. The van der Waals surface area contributed by atoms with Gasteiger partial charge in [0.1, 0.15) is 0 Å². The van der Waals surface area contributed by atoms with Crippen molar-refractivity contribution >= 4 is 33.4 Å². The van der Waals surface area contributed by atoms with E-state index in [0.717, 1.165) is 12.0 Å². The van der Waals surface area contributed by atoms with Crippen molar-refractivity contribution < 1.29 is 4.79 Å². The monoisotopic (exact) mass is 331 g/mol. The number of hydrogen-bond donors (Lipinski definition) is 1. The highest BCUT2D eigenvalue weighted by Crippen LogP contribution is 2.16. The fourth-order valence-corrected chi connectivity index (χ4v) is 2.91. The minimum atomic E-state index is -0.0441. The quantitative estimate of drug-likeness (QED) is 0.805. The number of nitrogens with one attached hydrogen (secondary N) is 1. The second-order valence-corrected chi connectivity index (χ2v) is 6.63. The molecule has 0 saturated heterocycles. The SMILES string of the molecule is Cc1cc(Cl)ccc1C(=O)NCC(Br)CC(C)C. The molecular formula is C14H19BrClNO. The Kier molecular flexibility index (Phi) is 6.16. The number of carbonyl (C=O) groups excluding carboxylic acids is 1. The molecule has 2 nitrogen and oxygen atoms in total. The molecule has 0 aromatic heterocycles. The Balaban J connectivity index is 2.55. The summed E-state index contributed by atoms with van der Waals surface area (Å²) in [5.41, 5.74) is 1.58. The van der Waals surface area contributed by atoms with Crippen LogP contribution in [-0.2, 0) is 0 Å².